The van der Waals surface area contributed by atoms with Crippen molar-refractivity contribution in [2.75, 3.05) is 11.5 Å². The predicted octanol–water partition coefficient (Wildman–Crippen LogP) is 1.63. The molecule has 0 saturated carbocycles. The Morgan fingerprint density at radius 2 is 2.22 bits per heavy atom. The molecule has 0 bridgehead atoms. The van der Waals surface area contributed by atoms with Gasteiger partial charge in [0, 0.05) is 33.8 Å². The largest absolute Gasteiger partial charge is 0.320 e. The molecule has 1 aromatic heterocycles. The first kappa shape index (κ1) is 12.0. The Kier molecular flexibility index (Phi) is 2.86. The molecule has 0 radical (unpaired) electrons. The lowest BCUT2D eigenvalue weighted by Crippen LogP contribution is -2.51. The summed E-state index contributed by atoms with van der Waals surface area (Å²) in [5.74, 6) is 2.13. The second-order valence-corrected chi connectivity index (χ2v) is 6.96. The number of hydrogen-bond acceptors (Lipinski definition) is 3. The molecular weight excluding hydrogens is 314 g/mol. The summed E-state index contributed by atoms with van der Waals surface area (Å²) in [7, 11) is 1.17. The molecule has 0 unspecified atom stereocenters. The van der Waals surface area contributed by atoms with Crippen LogP contribution in [0.3, 0.4) is 0 Å². The average Bonchev–Trinajstić information content (AvgIpc) is 2.71. The monoisotopic (exact) mass is 325 g/mol. The maximum atomic E-state index is 11.6. The summed E-state index contributed by atoms with van der Waals surface area (Å²) in [6.45, 7) is 0. The SMILES string of the molecule is Cn1cnnc1C1(c2cccc(Br)c2)CS(=O)C1. The minimum Gasteiger partial charge on any atom is -0.320 e. The summed E-state index contributed by atoms with van der Waals surface area (Å²) in [6.07, 6.45) is 1.69. The van der Waals surface area contributed by atoms with E-state index >= 15 is 0 Å². The van der Waals surface area contributed by atoms with Crippen LogP contribution in [0.25, 0.3) is 0 Å². The molecule has 0 aliphatic carbocycles. The van der Waals surface area contributed by atoms with E-state index in [-0.39, 0.29) is 5.41 Å². The highest BCUT2D eigenvalue weighted by Crippen LogP contribution is 2.40. The molecule has 94 valence electrons. The molecule has 3 rings (SSSR count). The van der Waals surface area contributed by atoms with Gasteiger partial charge in [-0.2, -0.15) is 0 Å². The first-order valence-corrected chi connectivity index (χ1v) is 7.85. The third kappa shape index (κ3) is 1.75. The normalized spacial score (nSPS) is 26.9. The van der Waals surface area contributed by atoms with Crippen molar-refractivity contribution in [1.82, 2.24) is 14.8 Å². The number of benzene rings is 1. The molecule has 1 fully saturated rings. The Labute approximate surface area is 116 Å². The maximum Gasteiger partial charge on any atom is 0.145 e. The van der Waals surface area contributed by atoms with Crippen molar-refractivity contribution >= 4 is 26.7 Å². The second-order valence-electron chi connectivity index (χ2n) is 4.59. The third-order valence-electron chi connectivity index (χ3n) is 3.33. The molecule has 2 aromatic rings. The van der Waals surface area contributed by atoms with Crippen LogP contribution in [0.1, 0.15) is 11.4 Å². The standard InChI is InChI=1S/C12H12BrN3OS/c1-16-8-14-15-11(16)12(6-18(17)7-12)9-3-2-4-10(13)5-9/h2-5,8H,6-7H2,1H3. The minimum atomic E-state index is -0.758. The highest BCUT2D eigenvalue weighted by Gasteiger charge is 2.49. The summed E-state index contributed by atoms with van der Waals surface area (Å²) in [6, 6.07) is 8.13. The van der Waals surface area contributed by atoms with Gasteiger partial charge >= 0.3 is 0 Å². The van der Waals surface area contributed by atoms with Gasteiger partial charge in [0.2, 0.25) is 0 Å². The number of nitrogens with zero attached hydrogens (tertiary/aromatic N) is 3. The fourth-order valence-electron chi connectivity index (χ4n) is 2.43. The van der Waals surface area contributed by atoms with Crippen LogP contribution in [0, 0.1) is 0 Å². The summed E-state index contributed by atoms with van der Waals surface area (Å²) in [5.41, 5.74) is 0.896. The van der Waals surface area contributed by atoms with Gasteiger partial charge in [0.15, 0.2) is 0 Å². The van der Waals surface area contributed by atoms with Crippen LogP contribution in [0.2, 0.25) is 0 Å². The zero-order valence-corrected chi connectivity index (χ0v) is 12.2. The topological polar surface area (TPSA) is 47.8 Å². The summed E-state index contributed by atoms with van der Waals surface area (Å²) < 4.78 is 14.6. The minimum absolute atomic E-state index is 0.250. The Bertz CT molecular complexity index is 617. The van der Waals surface area contributed by atoms with Crippen molar-refractivity contribution < 1.29 is 4.21 Å². The first-order chi connectivity index (χ1) is 8.62. The van der Waals surface area contributed by atoms with Gasteiger partial charge in [-0.25, -0.2) is 0 Å². The van der Waals surface area contributed by atoms with E-state index < -0.39 is 10.8 Å². The van der Waals surface area contributed by atoms with Crippen LogP contribution in [0.15, 0.2) is 35.1 Å². The molecule has 0 N–H and O–H groups in total. The van der Waals surface area contributed by atoms with Crippen molar-refractivity contribution in [2.45, 2.75) is 5.41 Å². The summed E-state index contributed by atoms with van der Waals surface area (Å²) in [5, 5.41) is 8.16. The molecular formula is C12H12BrN3OS. The number of rotatable bonds is 2. The van der Waals surface area contributed by atoms with Crippen molar-refractivity contribution in [3.63, 3.8) is 0 Å². The summed E-state index contributed by atoms with van der Waals surface area (Å²) >= 11 is 3.49. The van der Waals surface area contributed by atoms with E-state index in [0.717, 1.165) is 15.9 Å². The number of aryl methyl sites for hydroxylation is 1. The van der Waals surface area contributed by atoms with Gasteiger partial charge in [0.05, 0.1) is 5.41 Å². The van der Waals surface area contributed by atoms with Crippen LogP contribution >= 0.6 is 15.9 Å². The van der Waals surface area contributed by atoms with Gasteiger partial charge in [-0.1, -0.05) is 28.1 Å². The van der Waals surface area contributed by atoms with Crippen molar-refractivity contribution in [3.8, 4) is 0 Å². The Hall–Kier alpha value is -1.01. The number of aromatic nitrogens is 3. The van der Waals surface area contributed by atoms with Gasteiger partial charge in [-0.15, -0.1) is 10.2 Å². The highest BCUT2D eigenvalue weighted by molar-refractivity contribution is 9.10. The van der Waals surface area contributed by atoms with E-state index in [1.165, 1.54) is 0 Å². The van der Waals surface area contributed by atoms with E-state index in [0.29, 0.717) is 11.5 Å². The molecule has 6 heteroatoms. The zero-order chi connectivity index (χ0) is 12.8. The van der Waals surface area contributed by atoms with Gasteiger partial charge < -0.3 is 4.57 Å². The van der Waals surface area contributed by atoms with Gasteiger partial charge in [0.1, 0.15) is 12.2 Å². The van der Waals surface area contributed by atoms with Crippen molar-refractivity contribution in [3.05, 3.63) is 46.5 Å². The fraction of sp³-hybridized carbons (Fsp3) is 0.333. The van der Waals surface area contributed by atoms with Gasteiger partial charge in [0.25, 0.3) is 0 Å². The molecule has 0 atom stereocenters. The third-order valence-corrected chi connectivity index (χ3v) is 5.45. The molecule has 1 aliphatic rings. The quantitative estimate of drug-likeness (QED) is 0.843. The number of halogens is 1. The lowest BCUT2D eigenvalue weighted by molar-refractivity contribution is 0.524. The lowest BCUT2D eigenvalue weighted by atomic mass is 9.82. The Morgan fingerprint density at radius 3 is 2.78 bits per heavy atom. The zero-order valence-electron chi connectivity index (χ0n) is 9.84. The van der Waals surface area contributed by atoms with E-state index in [2.05, 4.69) is 38.3 Å². The van der Waals surface area contributed by atoms with E-state index in [4.69, 9.17) is 0 Å². The van der Waals surface area contributed by atoms with Crippen LogP contribution in [0.5, 0.6) is 0 Å². The Morgan fingerprint density at radius 1 is 1.44 bits per heavy atom. The molecule has 1 saturated heterocycles. The molecule has 2 heterocycles. The van der Waals surface area contributed by atoms with E-state index in [9.17, 15) is 4.21 Å². The summed E-state index contributed by atoms with van der Waals surface area (Å²) in [4.78, 5) is 0. The van der Waals surface area contributed by atoms with Gasteiger partial charge in [-0.05, 0) is 17.7 Å². The molecule has 4 nitrogen and oxygen atoms in total. The van der Waals surface area contributed by atoms with Crippen LogP contribution in [0.4, 0.5) is 0 Å². The molecule has 0 spiro atoms. The lowest BCUT2D eigenvalue weighted by Gasteiger charge is -2.40. The van der Waals surface area contributed by atoms with E-state index in [1.54, 1.807) is 6.33 Å². The Balaban J connectivity index is 2.14. The number of hydrogen-bond donors (Lipinski definition) is 0. The molecule has 18 heavy (non-hydrogen) atoms. The van der Waals surface area contributed by atoms with Crippen LogP contribution < -0.4 is 0 Å². The van der Waals surface area contributed by atoms with Crippen LogP contribution in [-0.2, 0) is 23.3 Å². The maximum absolute atomic E-state index is 11.6. The van der Waals surface area contributed by atoms with Crippen LogP contribution in [-0.4, -0.2) is 30.5 Å². The predicted molar refractivity (Wildman–Crippen MR) is 73.8 cm³/mol. The van der Waals surface area contributed by atoms with Gasteiger partial charge in [-0.3, -0.25) is 4.21 Å². The van der Waals surface area contributed by atoms with E-state index in [1.807, 2.05) is 23.7 Å². The molecule has 1 aliphatic heterocycles. The average molecular weight is 326 g/mol. The molecule has 1 aromatic carbocycles. The smallest absolute Gasteiger partial charge is 0.145 e. The highest BCUT2D eigenvalue weighted by atomic mass is 79.9. The van der Waals surface area contributed by atoms with Crippen molar-refractivity contribution in [1.29, 1.82) is 0 Å². The fourth-order valence-corrected chi connectivity index (χ4v) is 4.44. The first-order valence-electron chi connectivity index (χ1n) is 5.57. The van der Waals surface area contributed by atoms with Crippen molar-refractivity contribution in [2.24, 2.45) is 7.05 Å². The second kappa shape index (κ2) is 4.28. The molecule has 0 amide bonds.